The molecule has 0 radical (unpaired) electrons. The first kappa shape index (κ1) is 16.1. The fourth-order valence-corrected chi connectivity index (χ4v) is 3.38. The predicted molar refractivity (Wildman–Crippen MR) is 84.2 cm³/mol. The molecule has 3 heterocycles. The van der Waals surface area contributed by atoms with Crippen LogP contribution in [-0.4, -0.2) is 39.6 Å². The molecule has 23 heavy (non-hydrogen) atoms. The molecule has 7 nitrogen and oxygen atoms in total. The molecule has 1 fully saturated rings. The summed E-state index contributed by atoms with van der Waals surface area (Å²) in [5, 5.41) is 6.64. The number of rotatable bonds is 5. The number of thiazole rings is 1. The Kier molecular flexibility index (Phi) is 4.72. The monoisotopic (exact) mass is 336 g/mol. The summed E-state index contributed by atoms with van der Waals surface area (Å²) in [6, 6.07) is -0.133. The van der Waals surface area contributed by atoms with E-state index in [1.54, 1.807) is 17.4 Å². The second-order valence-corrected chi connectivity index (χ2v) is 6.80. The Morgan fingerprint density at radius 3 is 3.04 bits per heavy atom. The van der Waals surface area contributed by atoms with Crippen molar-refractivity contribution >= 4 is 17.2 Å². The molecule has 1 atom stereocenters. The average molecular weight is 336 g/mol. The van der Waals surface area contributed by atoms with Gasteiger partial charge in [0.25, 0.3) is 5.91 Å². The molecule has 124 valence electrons. The van der Waals surface area contributed by atoms with Crippen molar-refractivity contribution in [2.45, 2.75) is 45.3 Å². The number of amides is 1. The van der Waals surface area contributed by atoms with Crippen LogP contribution in [-0.2, 0) is 11.3 Å². The molecule has 2 aromatic rings. The molecule has 1 aliphatic heterocycles. The lowest BCUT2D eigenvalue weighted by molar-refractivity contribution is 0.0722. The first-order valence-electron chi connectivity index (χ1n) is 7.68. The third-order valence-corrected chi connectivity index (χ3v) is 4.62. The zero-order chi connectivity index (χ0) is 16.4. The number of aromatic nitrogens is 3. The molecule has 1 amide bonds. The highest BCUT2D eigenvalue weighted by Crippen LogP contribution is 2.32. The smallest absolute Gasteiger partial charge is 0.273 e. The lowest BCUT2D eigenvalue weighted by atomic mass is 10.2. The highest BCUT2D eigenvalue weighted by molar-refractivity contribution is 7.09. The van der Waals surface area contributed by atoms with Crippen molar-refractivity contribution in [3.8, 4) is 0 Å². The Morgan fingerprint density at radius 2 is 2.35 bits per heavy atom. The summed E-state index contributed by atoms with van der Waals surface area (Å²) >= 11 is 1.43. The number of methoxy groups -OCH3 is 1. The largest absolute Gasteiger partial charge is 0.378 e. The van der Waals surface area contributed by atoms with Crippen LogP contribution >= 0.6 is 11.3 Å². The quantitative estimate of drug-likeness (QED) is 0.835. The van der Waals surface area contributed by atoms with E-state index in [0.717, 1.165) is 17.8 Å². The van der Waals surface area contributed by atoms with Gasteiger partial charge < -0.3 is 14.2 Å². The van der Waals surface area contributed by atoms with Crippen LogP contribution in [0.2, 0.25) is 0 Å². The van der Waals surface area contributed by atoms with Crippen LogP contribution < -0.4 is 0 Å². The second-order valence-electron chi connectivity index (χ2n) is 5.86. The van der Waals surface area contributed by atoms with E-state index in [9.17, 15) is 4.79 Å². The summed E-state index contributed by atoms with van der Waals surface area (Å²) in [6.07, 6.45) is 1.77. The summed E-state index contributed by atoms with van der Waals surface area (Å²) < 4.78 is 10.3. The number of nitrogens with zero attached hydrogens (tertiary/aromatic N) is 4. The summed E-state index contributed by atoms with van der Waals surface area (Å²) in [5.41, 5.74) is 0.460. The molecule has 1 unspecified atom stereocenters. The summed E-state index contributed by atoms with van der Waals surface area (Å²) in [5.74, 6) is 1.29. The minimum atomic E-state index is -0.133. The fraction of sp³-hybridized carbons (Fsp3) is 0.600. The average Bonchev–Trinajstić information content (AvgIpc) is 3.26. The molecule has 0 bridgehead atoms. The highest BCUT2D eigenvalue weighted by Gasteiger charge is 2.35. The van der Waals surface area contributed by atoms with Crippen molar-refractivity contribution in [3.05, 3.63) is 27.8 Å². The molecule has 2 aromatic heterocycles. The standard InChI is InChI=1S/C15H20N4O3S/c1-9(2)14-17-13(18-22-14)11-5-4-6-19(11)15(20)10-8-23-12(16-10)7-21-3/h8-9,11H,4-7H2,1-3H3. The molecule has 1 saturated heterocycles. The minimum absolute atomic E-state index is 0.0815. The van der Waals surface area contributed by atoms with Crippen LogP contribution in [0.15, 0.2) is 9.90 Å². The van der Waals surface area contributed by atoms with Crippen LogP contribution in [0, 0.1) is 0 Å². The molecule has 0 N–H and O–H groups in total. The lowest BCUT2D eigenvalue weighted by Crippen LogP contribution is -2.31. The molecular weight excluding hydrogens is 316 g/mol. The maximum Gasteiger partial charge on any atom is 0.273 e. The zero-order valence-electron chi connectivity index (χ0n) is 13.5. The van der Waals surface area contributed by atoms with Crippen LogP contribution in [0.3, 0.4) is 0 Å². The van der Waals surface area contributed by atoms with Gasteiger partial charge in [-0.25, -0.2) is 4.98 Å². The normalized spacial score (nSPS) is 18.1. The van der Waals surface area contributed by atoms with Crippen molar-refractivity contribution in [2.75, 3.05) is 13.7 Å². The van der Waals surface area contributed by atoms with Gasteiger partial charge in [0.05, 0.1) is 12.6 Å². The van der Waals surface area contributed by atoms with E-state index in [1.165, 1.54) is 11.3 Å². The third kappa shape index (κ3) is 3.28. The minimum Gasteiger partial charge on any atom is -0.378 e. The summed E-state index contributed by atoms with van der Waals surface area (Å²) in [4.78, 5) is 23.3. The van der Waals surface area contributed by atoms with Crippen LogP contribution in [0.1, 0.15) is 65.9 Å². The van der Waals surface area contributed by atoms with Crippen LogP contribution in [0.4, 0.5) is 0 Å². The van der Waals surface area contributed by atoms with Crippen molar-refractivity contribution in [1.29, 1.82) is 0 Å². The van der Waals surface area contributed by atoms with Crippen LogP contribution in [0.5, 0.6) is 0 Å². The van der Waals surface area contributed by atoms with E-state index >= 15 is 0 Å². The zero-order valence-corrected chi connectivity index (χ0v) is 14.3. The Balaban J connectivity index is 1.78. The second kappa shape index (κ2) is 6.76. The molecular formula is C15H20N4O3S. The van der Waals surface area contributed by atoms with E-state index in [0.29, 0.717) is 30.6 Å². The molecule has 3 rings (SSSR count). The molecule has 0 spiro atoms. The van der Waals surface area contributed by atoms with Crippen molar-refractivity contribution in [2.24, 2.45) is 0 Å². The number of hydrogen-bond donors (Lipinski definition) is 0. The third-order valence-electron chi connectivity index (χ3n) is 3.80. The molecule has 1 aliphatic rings. The first-order valence-corrected chi connectivity index (χ1v) is 8.56. The Hall–Kier alpha value is -1.80. The van der Waals surface area contributed by atoms with Gasteiger partial charge in [-0.2, -0.15) is 4.98 Å². The predicted octanol–water partition coefficient (Wildman–Crippen LogP) is 2.77. The van der Waals surface area contributed by atoms with E-state index in [4.69, 9.17) is 9.26 Å². The van der Waals surface area contributed by atoms with Gasteiger partial charge in [0.15, 0.2) is 5.82 Å². The lowest BCUT2D eigenvalue weighted by Gasteiger charge is -2.21. The molecule has 8 heteroatoms. The highest BCUT2D eigenvalue weighted by atomic mass is 32.1. The van der Waals surface area contributed by atoms with Gasteiger partial charge in [0.2, 0.25) is 5.89 Å². The summed E-state index contributed by atoms with van der Waals surface area (Å²) in [7, 11) is 1.61. The van der Waals surface area contributed by atoms with E-state index < -0.39 is 0 Å². The SMILES string of the molecule is COCc1nc(C(=O)N2CCCC2c2noc(C(C)C)n2)cs1. The number of carbonyl (C=O) groups is 1. The van der Waals surface area contributed by atoms with E-state index in [1.807, 2.05) is 13.8 Å². The van der Waals surface area contributed by atoms with Gasteiger partial charge in [0, 0.05) is 25.0 Å². The first-order chi connectivity index (χ1) is 11.1. The molecule has 0 aromatic carbocycles. The Bertz CT molecular complexity index is 682. The number of carbonyl (C=O) groups excluding carboxylic acids is 1. The maximum atomic E-state index is 12.7. The van der Waals surface area contributed by atoms with Crippen molar-refractivity contribution in [1.82, 2.24) is 20.0 Å². The van der Waals surface area contributed by atoms with Gasteiger partial charge >= 0.3 is 0 Å². The van der Waals surface area contributed by atoms with Gasteiger partial charge in [-0.15, -0.1) is 11.3 Å². The molecule has 0 saturated carbocycles. The van der Waals surface area contributed by atoms with Gasteiger partial charge in [-0.3, -0.25) is 4.79 Å². The van der Waals surface area contributed by atoms with Crippen LogP contribution in [0.25, 0.3) is 0 Å². The maximum absolute atomic E-state index is 12.7. The summed E-state index contributed by atoms with van der Waals surface area (Å²) in [6.45, 7) is 5.11. The van der Waals surface area contributed by atoms with Crippen molar-refractivity contribution in [3.63, 3.8) is 0 Å². The van der Waals surface area contributed by atoms with E-state index in [2.05, 4.69) is 15.1 Å². The van der Waals surface area contributed by atoms with Gasteiger partial charge in [-0.1, -0.05) is 19.0 Å². The fourth-order valence-electron chi connectivity index (χ4n) is 2.64. The Morgan fingerprint density at radius 1 is 1.52 bits per heavy atom. The number of likely N-dealkylation sites (tertiary alicyclic amines) is 1. The van der Waals surface area contributed by atoms with E-state index in [-0.39, 0.29) is 17.9 Å². The van der Waals surface area contributed by atoms with Gasteiger partial charge in [0.1, 0.15) is 10.7 Å². The Labute approximate surface area is 138 Å². The van der Waals surface area contributed by atoms with Crippen molar-refractivity contribution < 1.29 is 14.1 Å². The molecule has 0 aliphatic carbocycles. The van der Waals surface area contributed by atoms with Gasteiger partial charge in [-0.05, 0) is 12.8 Å². The number of ether oxygens (including phenoxy) is 1. The number of hydrogen-bond acceptors (Lipinski definition) is 7. The topological polar surface area (TPSA) is 81.4 Å².